The number of hydrogen-bond acceptors (Lipinski definition) is 10. The van der Waals surface area contributed by atoms with E-state index in [1.165, 1.54) is 0 Å². The van der Waals surface area contributed by atoms with Gasteiger partial charge in [-0.25, -0.2) is 35.9 Å². The summed E-state index contributed by atoms with van der Waals surface area (Å²) in [5, 5.41) is 3.29. The third-order valence-electron chi connectivity index (χ3n) is 8.02. The standard InChI is InChI=1S/C30H26F4N6O5S/c31-20-7-17(8-25-28(20)45-5-3-26(34)46(25,42)43)30(41)37-12-18-9-23-16(11-35-18)1-2-27(38-23)40-4-6-44-24-10-19(13-36-29(24)40)39-14-21(32)22(33)15-39/h1-2,7-11,13,21-22,26H,3-6,12,14-15H2,(H,37,41)/t21-,22-,26-/m1/s1. The first-order chi connectivity index (χ1) is 22.1. The first kappa shape index (κ1) is 30.0. The number of anilines is 3. The van der Waals surface area contributed by atoms with E-state index >= 15 is 0 Å². The number of hydrogen-bond donors (Lipinski definition) is 1. The fraction of sp³-hybridized carbons (Fsp3) is 0.333. The van der Waals surface area contributed by atoms with E-state index in [0.29, 0.717) is 52.8 Å². The summed E-state index contributed by atoms with van der Waals surface area (Å²) < 4.78 is 92.5. The Morgan fingerprint density at radius 1 is 1.00 bits per heavy atom. The summed E-state index contributed by atoms with van der Waals surface area (Å²) in [5.74, 6) is -0.984. The first-order valence-corrected chi connectivity index (χ1v) is 15.9. The van der Waals surface area contributed by atoms with Gasteiger partial charge in [0.05, 0.1) is 55.9 Å². The molecule has 3 aliphatic heterocycles. The van der Waals surface area contributed by atoms with Gasteiger partial charge in [-0.1, -0.05) is 0 Å². The van der Waals surface area contributed by atoms with Crippen LogP contribution in [0.1, 0.15) is 22.5 Å². The number of sulfone groups is 1. The van der Waals surface area contributed by atoms with Gasteiger partial charge < -0.3 is 24.6 Å². The van der Waals surface area contributed by atoms with Gasteiger partial charge in [0.15, 0.2) is 35.5 Å². The number of nitrogens with zero attached hydrogens (tertiary/aromatic N) is 5. The third-order valence-corrected chi connectivity index (χ3v) is 9.85. The Bertz CT molecular complexity index is 1960. The molecule has 3 aliphatic rings. The Hall–Kier alpha value is -4.73. The number of alkyl halides is 3. The van der Waals surface area contributed by atoms with Gasteiger partial charge in [-0.05, 0) is 30.3 Å². The summed E-state index contributed by atoms with van der Waals surface area (Å²) >= 11 is 0. The Labute approximate surface area is 260 Å². The summed E-state index contributed by atoms with van der Waals surface area (Å²) in [6.45, 7) is 0.220. The molecule has 16 heteroatoms. The second-order valence-electron chi connectivity index (χ2n) is 11.1. The molecule has 3 atom stereocenters. The van der Waals surface area contributed by atoms with E-state index < -0.39 is 56.5 Å². The van der Waals surface area contributed by atoms with Crippen LogP contribution in [0.3, 0.4) is 0 Å². The number of fused-ring (bicyclic) bond motifs is 3. The van der Waals surface area contributed by atoms with Crippen molar-refractivity contribution in [2.75, 3.05) is 42.6 Å². The SMILES string of the molecule is O=C(NCc1cc2nc(N3CCOc4cc(N5C[C@@H](F)[C@H](F)C5)cnc43)ccc2cn1)c1cc(F)c2c(c1)S(=O)(=O)[C@@H](F)CCO2. The summed E-state index contributed by atoms with van der Waals surface area (Å²) in [6.07, 6.45) is -0.451. The molecule has 1 amide bonds. The van der Waals surface area contributed by atoms with E-state index in [1.54, 1.807) is 35.5 Å². The highest BCUT2D eigenvalue weighted by Crippen LogP contribution is 2.38. The van der Waals surface area contributed by atoms with Crippen molar-refractivity contribution in [1.82, 2.24) is 20.3 Å². The molecule has 0 spiro atoms. The van der Waals surface area contributed by atoms with Crippen LogP contribution in [0.4, 0.5) is 34.9 Å². The van der Waals surface area contributed by atoms with Crippen LogP contribution in [-0.4, -0.2) is 80.0 Å². The Morgan fingerprint density at radius 3 is 2.61 bits per heavy atom. The predicted molar refractivity (Wildman–Crippen MR) is 158 cm³/mol. The monoisotopic (exact) mass is 658 g/mol. The van der Waals surface area contributed by atoms with E-state index in [0.717, 1.165) is 12.1 Å². The molecule has 6 heterocycles. The van der Waals surface area contributed by atoms with Gasteiger partial charge in [-0.3, -0.25) is 9.78 Å². The maximum absolute atomic E-state index is 14.7. The molecule has 0 aliphatic carbocycles. The molecule has 0 radical (unpaired) electrons. The third kappa shape index (κ3) is 5.39. The van der Waals surface area contributed by atoms with Crippen LogP contribution in [0, 0.1) is 5.82 Å². The van der Waals surface area contributed by atoms with Crippen molar-refractivity contribution in [3.8, 4) is 11.5 Å². The number of ether oxygens (including phenoxy) is 2. The van der Waals surface area contributed by atoms with E-state index in [4.69, 9.17) is 14.5 Å². The van der Waals surface area contributed by atoms with Gasteiger partial charge in [0.25, 0.3) is 5.91 Å². The maximum atomic E-state index is 14.7. The number of aromatic nitrogens is 3. The van der Waals surface area contributed by atoms with Crippen LogP contribution in [-0.2, 0) is 16.4 Å². The molecular weight excluding hydrogens is 632 g/mol. The molecule has 46 heavy (non-hydrogen) atoms. The van der Waals surface area contributed by atoms with Crippen LogP contribution < -0.4 is 24.6 Å². The summed E-state index contributed by atoms with van der Waals surface area (Å²) in [4.78, 5) is 29.3. The van der Waals surface area contributed by atoms with Gasteiger partial charge in [0.1, 0.15) is 17.3 Å². The van der Waals surface area contributed by atoms with Gasteiger partial charge >= 0.3 is 0 Å². The number of halogens is 4. The number of carbonyl (C=O) groups excluding carboxylic acids is 1. The first-order valence-electron chi connectivity index (χ1n) is 14.4. The number of carbonyl (C=O) groups is 1. The molecule has 3 aromatic heterocycles. The van der Waals surface area contributed by atoms with Gasteiger partial charge in [-0.2, -0.15) is 0 Å². The molecule has 1 fully saturated rings. The molecule has 4 aromatic rings. The zero-order valence-corrected chi connectivity index (χ0v) is 24.8. The minimum Gasteiger partial charge on any atom is -0.489 e. The molecule has 1 saturated heterocycles. The van der Waals surface area contributed by atoms with Crippen LogP contribution in [0.2, 0.25) is 0 Å². The fourth-order valence-electron chi connectivity index (χ4n) is 5.58. The smallest absolute Gasteiger partial charge is 0.251 e. The largest absolute Gasteiger partial charge is 0.489 e. The van der Waals surface area contributed by atoms with Crippen LogP contribution in [0.15, 0.2) is 53.7 Å². The summed E-state index contributed by atoms with van der Waals surface area (Å²) in [6, 6.07) is 8.73. The van der Waals surface area contributed by atoms with Crippen molar-refractivity contribution < 1.29 is 40.2 Å². The van der Waals surface area contributed by atoms with Crippen molar-refractivity contribution in [1.29, 1.82) is 0 Å². The van der Waals surface area contributed by atoms with Crippen molar-refractivity contribution >= 4 is 44.0 Å². The highest BCUT2D eigenvalue weighted by Gasteiger charge is 2.36. The minimum absolute atomic E-state index is 0.0605. The lowest BCUT2D eigenvalue weighted by Gasteiger charge is -2.30. The Balaban J connectivity index is 1.10. The second kappa shape index (κ2) is 11.6. The Morgan fingerprint density at radius 2 is 1.80 bits per heavy atom. The highest BCUT2D eigenvalue weighted by atomic mass is 32.2. The molecule has 0 unspecified atom stereocenters. The molecule has 0 saturated carbocycles. The normalized spacial score (nSPS) is 22.0. The van der Waals surface area contributed by atoms with Crippen LogP contribution in [0.25, 0.3) is 10.9 Å². The average Bonchev–Trinajstić information content (AvgIpc) is 3.34. The van der Waals surface area contributed by atoms with E-state index in [-0.39, 0.29) is 31.8 Å². The van der Waals surface area contributed by atoms with Gasteiger partial charge in [0.2, 0.25) is 15.3 Å². The van der Waals surface area contributed by atoms with E-state index in [9.17, 15) is 30.8 Å². The van der Waals surface area contributed by atoms with Crippen LogP contribution >= 0.6 is 0 Å². The molecule has 7 rings (SSSR count). The zero-order valence-electron chi connectivity index (χ0n) is 24.0. The van der Waals surface area contributed by atoms with Crippen molar-refractivity contribution in [2.24, 2.45) is 0 Å². The van der Waals surface area contributed by atoms with Gasteiger partial charge in [-0.15, -0.1) is 0 Å². The zero-order chi connectivity index (χ0) is 32.2. The molecular formula is C30H26F4N6O5S. The van der Waals surface area contributed by atoms with E-state index in [2.05, 4.69) is 15.3 Å². The lowest BCUT2D eigenvalue weighted by atomic mass is 10.2. The number of rotatable bonds is 5. The lowest BCUT2D eigenvalue weighted by molar-refractivity contribution is 0.0949. The molecule has 11 nitrogen and oxygen atoms in total. The van der Waals surface area contributed by atoms with Crippen molar-refractivity contribution in [3.63, 3.8) is 0 Å². The Kier molecular flexibility index (Phi) is 7.53. The average molecular weight is 659 g/mol. The highest BCUT2D eigenvalue weighted by molar-refractivity contribution is 7.92. The molecule has 1 N–H and O–H groups in total. The van der Waals surface area contributed by atoms with Crippen molar-refractivity contribution in [3.05, 3.63) is 65.9 Å². The number of amides is 1. The number of pyridine rings is 3. The topological polar surface area (TPSA) is 127 Å². The van der Waals surface area contributed by atoms with Crippen molar-refractivity contribution in [2.45, 2.75) is 35.7 Å². The summed E-state index contributed by atoms with van der Waals surface area (Å²) in [7, 11) is -4.55. The minimum atomic E-state index is -4.55. The quantitative estimate of drug-likeness (QED) is 0.315. The van der Waals surface area contributed by atoms with Gasteiger partial charge in [0, 0.05) is 29.6 Å². The number of benzene rings is 1. The second-order valence-corrected chi connectivity index (χ2v) is 13.1. The lowest BCUT2D eigenvalue weighted by Crippen LogP contribution is -2.30. The fourth-order valence-corrected chi connectivity index (χ4v) is 6.97. The summed E-state index contributed by atoms with van der Waals surface area (Å²) in [5.41, 5.74) is -1.08. The molecule has 240 valence electrons. The molecule has 0 bridgehead atoms. The molecule has 1 aromatic carbocycles. The van der Waals surface area contributed by atoms with E-state index in [1.807, 2.05) is 11.0 Å². The van der Waals surface area contributed by atoms with Crippen LogP contribution in [0.5, 0.6) is 11.5 Å². The predicted octanol–water partition coefficient (Wildman–Crippen LogP) is 3.97. The number of nitrogens with one attached hydrogen (secondary N) is 1. The maximum Gasteiger partial charge on any atom is 0.251 e.